The maximum atomic E-state index is 12.3. The lowest BCUT2D eigenvalue weighted by molar-refractivity contribution is -0.125. The number of carbonyl (C=O) groups is 2. The predicted molar refractivity (Wildman–Crippen MR) is 117 cm³/mol. The van der Waals surface area contributed by atoms with Gasteiger partial charge in [0.15, 0.2) is 0 Å². The van der Waals surface area contributed by atoms with Gasteiger partial charge in [-0.25, -0.2) is 0 Å². The quantitative estimate of drug-likeness (QED) is 0.777. The molecule has 2 aliphatic rings. The lowest BCUT2D eigenvalue weighted by Gasteiger charge is -2.15. The lowest BCUT2D eigenvalue weighted by Crippen LogP contribution is -2.27. The molecule has 30 heavy (non-hydrogen) atoms. The van der Waals surface area contributed by atoms with Crippen LogP contribution in [-0.2, 0) is 19.1 Å². The summed E-state index contributed by atoms with van der Waals surface area (Å²) < 4.78 is 10.9. The Morgan fingerprint density at radius 1 is 0.767 bits per heavy atom. The van der Waals surface area contributed by atoms with E-state index in [1.165, 1.54) is 0 Å². The molecule has 2 saturated heterocycles. The second-order valence-corrected chi connectivity index (χ2v) is 8.04. The Bertz CT molecular complexity index is 867. The van der Waals surface area contributed by atoms with Gasteiger partial charge in [0.05, 0.1) is 0 Å². The molecule has 2 aromatic rings. The van der Waals surface area contributed by atoms with Gasteiger partial charge in [-0.2, -0.15) is 0 Å². The minimum Gasteiger partial charge on any atom is -0.368 e. The second-order valence-electron chi connectivity index (χ2n) is 8.04. The van der Waals surface area contributed by atoms with Crippen molar-refractivity contribution in [1.82, 2.24) is 0 Å². The highest BCUT2D eigenvalue weighted by Gasteiger charge is 2.25. The summed E-state index contributed by atoms with van der Waals surface area (Å²) in [4.78, 5) is 24.6. The van der Waals surface area contributed by atoms with E-state index >= 15 is 0 Å². The van der Waals surface area contributed by atoms with Crippen molar-refractivity contribution in [2.45, 2.75) is 51.7 Å². The molecule has 2 aliphatic heterocycles. The maximum Gasteiger partial charge on any atom is 0.253 e. The van der Waals surface area contributed by atoms with E-state index in [0.29, 0.717) is 13.2 Å². The number of amides is 2. The van der Waals surface area contributed by atoms with Gasteiger partial charge in [-0.15, -0.1) is 0 Å². The van der Waals surface area contributed by atoms with Crippen LogP contribution in [0.5, 0.6) is 0 Å². The van der Waals surface area contributed by atoms with Crippen molar-refractivity contribution < 1.29 is 19.1 Å². The predicted octanol–water partition coefficient (Wildman–Crippen LogP) is 4.21. The van der Waals surface area contributed by atoms with Crippen LogP contribution in [0.1, 0.15) is 36.8 Å². The van der Waals surface area contributed by atoms with E-state index in [0.717, 1.165) is 59.3 Å². The maximum absolute atomic E-state index is 12.3. The van der Waals surface area contributed by atoms with Gasteiger partial charge in [0, 0.05) is 24.6 Å². The molecular formula is C24H28N2O4. The summed E-state index contributed by atoms with van der Waals surface area (Å²) >= 11 is 0. The smallest absolute Gasteiger partial charge is 0.253 e. The Balaban J connectivity index is 1.45. The summed E-state index contributed by atoms with van der Waals surface area (Å²) in [5, 5.41) is 5.95. The van der Waals surface area contributed by atoms with E-state index in [2.05, 4.69) is 22.8 Å². The molecule has 0 saturated carbocycles. The molecular weight excluding hydrogens is 380 g/mol. The lowest BCUT2D eigenvalue weighted by atomic mass is 9.99. The van der Waals surface area contributed by atoms with Crippen LogP contribution in [0, 0.1) is 13.8 Å². The first-order chi connectivity index (χ1) is 14.5. The third-order valence-corrected chi connectivity index (χ3v) is 5.75. The van der Waals surface area contributed by atoms with Crippen molar-refractivity contribution in [3.63, 3.8) is 0 Å². The number of anilines is 2. The topological polar surface area (TPSA) is 76.7 Å². The third-order valence-electron chi connectivity index (χ3n) is 5.75. The molecule has 2 atom stereocenters. The molecule has 2 N–H and O–H groups in total. The molecule has 6 heteroatoms. The monoisotopic (exact) mass is 408 g/mol. The van der Waals surface area contributed by atoms with E-state index in [9.17, 15) is 9.59 Å². The molecule has 0 aromatic heterocycles. The standard InChI is InChI=1S/C24H28N2O4/c1-15-13-17(7-9-19(15)25-23(27)21-5-3-11-29-21)18-8-10-20(16(2)14-18)26-24(28)22-6-4-12-30-22/h7-10,13-14,21-22H,3-6,11-12H2,1-2H3,(H,25,27)(H,26,28)/t21-,22-/m1/s1. The second kappa shape index (κ2) is 8.98. The van der Waals surface area contributed by atoms with Gasteiger partial charge in [-0.1, -0.05) is 12.1 Å². The van der Waals surface area contributed by atoms with Crippen molar-refractivity contribution >= 4 is 23.2 Å². The molecule has 0 aliphatic carbocycles. The van der Waals surface area contributed by atoms with Gasteiger partial charge in [0.25, 0.3) is 11.8 Å². The van der Waals surface area contributed by atoms with E-state index in [-0.39, 0.29) is 24.0 Å². The van der Waals surface area contributed by atoms with Crippen LogP contribution < -0.4 is 10.6 Å². The van der Waals surface area contributed by atoms with Gasteiger partial charge in [-0.05, 0) is 86.1 Å². The van der Waals surface area contributed by atoms with E-state index < -0.39 is 0 Å². The molecule has 0 bridgehead atoms. The SMILES string of the molecule is Cc1cc(-c2ccc(NC(=O)[C@H]3CCCO3)c(C)c2)ccc1NC(=O)[C@H]1CCCO1. The zero-order valence-corrected chi connectivity index (χ0v) is 17.5. The van der Waals surface area contributed by atoms with Crippen LogP contribution in [0.15, 0.2) is 36.4 Å². The number of benzene rings is 2. The summed E-state index contributed by atoms with van der Waals surface area (Å²) in [6.45, 7) is 5.27. The molecule has 2 aromatic carbocycles. The Morgan fingerprint density at radius 2 is 1.20 bits per heavy atom. The van der Waals surface area contributed by atoms with E-state index in [1.54, 1.807) is 0 Å². The normalized spacial score (nSPS) is 20.9. The van der Waals surface area contributed by atoms with Crippen molar-refractivity contribution in [1.29, 1.82) is 0 Å². The Morgan fingerprint density at radius 3 is 1.53 bits per heavy atom. The Kier molecular flexibility index (Phi) is 6.16. The zero-order chi connectivity index (χ0) is 21.1. The number of hydrogen-bond acceptors (Lipinski definition) is 4. The highest BCUT2D eigenvalue weighted by molar-refractivity contribution is 5.96. The van der Waals surface area contributed by atoms with Gasteiger partial charge < -0.3 is 20.1 Å². The molecule has 2 heterocycles. The molecule has 0 unspecified atom stereocenters. The molecule has 4 rings (SSSR count). The molecule has 158 valence electrons. The number of nitrogens with one attached hydrogen (secondary N) is 2. The van der Waals surface area contributed by atoms with E-state index in [1.807, 2.05) is 38.1 Å². The third kappa shape index (κ3) is 4.55. The minimum atomic E-state index is -0.343. The highest BCUT2D eigenvalue weighted by atomic mass is 16.5. The first-order valence-electron chi connectivity index (χ1n) is 10.6. The molecule has 0 radical (unpaired) electrons. The molecule has 0 spiro atoms. The average Bonchev–Trinajstić information content (AvgIpc) is 3.45. The van der Waals surface area contributed by atoms with Crippen LogP contribution in [-0.4, -0.2) is 37.2 Å². The van der Waals surface area contributed by atoms with Gasteiger partial charge in [0.1, 0.15) is 12.2 Å². The van der Waals surface area contributed by atoms with Crippen LogP contribution >= 0.6 is 0 Å². The van der Waals surface area contributed by atoms with Crippen LogP contribution in [0.4, 0.5) is 11.4 Å². The summed E-state index contributed by atoms with van der Waals surface area (Å²) in [6.07, 6.45) is 2.72. The van der Waals surface area contributed by atoms with Crippen LogP contribution in [0.2, 0.25) is 0 Å². The minimum absolute atomic E-state index is 0.0782. The molecule has 6 nitrogen and oxygen atoms in total. The molecule has 2 amide bonds. The number of rotatable bonds is 5. The summed E-state index contributed by atoms with van der Waals surface area (Å²) in [5.41, 5.74) is 5.71. The first-order valence-corrected chi connectivity index (χ1v) is 10.6. The van der Waals surface area contributed by atoms with Crippen LogP contribution in [0.25, 0.3) is 11.1 Å². The van der Waals surface area contributed by atoms with Crippen molar-refractivity contribution in [3.05, 3.63) is 47.5 Å². The fraction of sp³-hybridized carbons (Fsp3) is 0.417. The highest BCUT2D eigenvalue weighted by Crippen LogP contribution is 2.29. The van der Waals surface area contributed by atoms with Gasteiger partial charge >= 0.3 is 0 Å². The van der Waals surface area contributed by atoms with E-state index in [4.69, 9.17) is 9.47 Å². The Hall–Kier alpha value is -2.70. The fourth-order valence-corrected chi connectivity index (χ4v) is 3.96. The van der Waals surface area contributed by atoms with Gasteiger partial charge in [0.2, 0.25) is 0 Å². The first kappa shape index (κ1) is 20.6. The summed E-state index contributed by atoms with van der Waals surface area (Å²) in [6, 6.07) is 12.0. The van der Waals surface area contributed by atoms with Gasteiger partial charge in [-0.3, -0.25) is 9.59 Å². The fourth-order valence-electron chi connectivity index (χ4n) is 3.96. The van der Waals surface area contributed by atoms with Crippen LogP contribution in [0.3, 0.4) is 0 Å². The van der Waals surface area contributed by atoms with Crippen molar-refractivity contribution in [2.24, 2.45) is 0 Å². The number of hydrogen-bond donors (Lipinski definition) is 2. The number of aryl methyl sites for hydroxylation is 2. The van der Waals surface area contributed by atoms with Crippen molar-refractivity contribution in [2.75, 3.05) is 23.8 Å². The zero-order valence-electron chi connectivity index (χ0n) is 17.5. The summed E-state index contributed by atoms with van der Waals surface area (Å²) in [7, 11) is 0. The Labute approximate surface area is 177 Å². The average molecular weight is 408 g/mol. The number of ether oxygens (including phenoxy) is 2. The largest absolute Gasteiger partial charge is 0.368 e. The van der Waals surface area contributed by atoms with Crippen molar-refractivity contribution in [3.8, 4) is 11.1 Å². The summed E-state index contributed by atoms with van der Waals surface area (Å²) in [5.74, 6) is -0.156. The molecule has 2 fully saturated rings. The number of carbonyl (C=O) groups excluding carboxylic acids is 2.